The van der Waals surface area contributed by atoms with Gasteiger partial charge in [0.25, 0.3) is 0 Å². The lowest BCUT2D eigenvalue weighted by atomic mass is 10.2. The van der Waals surface area contributed by atoms with Gasteiger partial charge in [0.2, 0.25) is 0 Å². The van der Waals surface area contributed by atoms with Crippen LogP contribution >= 0.6 is 0 Å². The van der Waals surface area contributed by atoms with E-state index >= 15 is 0 Å². The molecule has 0 saturated heterocycles. The molecule has 0 atom stereocenters. The van der Waals surface area contributed by atoms with Crippen molar-refractivity contribution in [2.75, 3.05) is 13.7 Å². The predicted molar refractivity (Wildman–Crippen MR) is 53.9 cm³/mol. The molecule has 0 unspecified atom stereocenters. The molecule has 1 saturated carbocycles. The minimum atomic E-state index is 0.685. The smallest absolute Gasteiger partial charge is 0.123 e. The second kappa shape index (κ2) is 4.62. The molecule has 1 aromatic rings. The minimum absolute atomic E-state index is 0.685. The van der Waals surface area contributed by atoms with Gasteiger partial charge in [-0.25, -0.2) is 0 Å². The van der Waals surface area contributed by atoms with E-state index in [-0.39, 0.29) is 0 Å². The molecule has 1 aromatic heterocycles. The maximum absolute atomic E-state index is 5.60. The van der Waals surface area contributed by atoms with Gasteiger partial charge in [-0.1, -0.05) is 0 Å². The van der Waals surface area contributed by atoms with Crippen LogP contribution in [0, 0.1) is 5.92 Å². The first-order chi connectivity index (χ1) is 6.90. The molecule has 0 spiro atoms. The van der Waals surface area contributed by atoms with Crippen LogP contribution in [0.25, 0.3) is 0 Å². The maximum Gasteiger partial charge on any atom is 0.123 e. The van der Waals surface area contributed by atoms with Crippen molar-refractivity contribution in [2.24, 2.45) is 5.92 Å². The molecular formula is C11H17NO2. The molecular weight excluding hydrogens is 178 g/mol. The fraction of sp³-hybridized carbons (Fsp3) is 0.636. The largest absolute Gasteiger partial charge is 0.468 e. The van der Waals surface area contributed by atoms with Crippen LogP contribution < -0.4 is 5.32 Å². The summed E-state index contributed by atoms with van der Waals surface area (Å²) in [5.41, 5.74) is 1.17. The highest BCUT2D eigenvalue weighted by molar-refractivity contribution is 5.15. The zero-order chi connectivity index (χ0) is 9.80. The molecule has 3 heteroatoms. The van der Waals surface area contributed by atoms with E-state index in [0.717, 1.165) is 24.8 Å². The summed E-state index contributed by atoms with van der Waals surface area (Å²) in [4.78, 5) is 0. The van der Waals surface area contributed by atoms with Crippen molar-refractivity contribution in [2.45, 2.75) is 26.0 Å². The van der Waals surface area contributed by atoms with Crippen LogP contribution in [0.1, 0.15) is 24.2 Å². The number of furan rings is 1. The summed E-state index contributed by atoms with van der Waals surface area (Å²) in [5.74, 6) is 1.82. The van der Waals surface area contributed by atoms with Crippen LogP contribution in [-0.2, 0) is 17.9 Å². The molecule has 1 aliphatic carbocycles. The topological polar surface area (TPSA) is 34.4 Å². The van der Waals surface area contributed by atoms with Gasteiger partial charge >= 0.3 is 0 Å². The minimum Gasteiger partial charge on any atom is -0.468 e. The van der Waals surface area contributed by atoms with Crippen LogP contribution in [-0.4, -0.2) is 13.7 Å². The van der Waals surface area contributed by atoms with E-state index in [0.29, 0.717) is 6.61 Å². The Balaban J connectivity index is 1.78. The molecule has 0 radical (unpaired) electrons. The monoisotopic (exact) mass is 195 g/mol. The number of nitrogens with one attached hydrogen (secondary N) is 1. The van der Waals surface area contributed by atoms with Gasteiger partial charge in [0.15, 0.2) is 0 Å². The van der Waals surface area contributed by atoms with Crippen molar-refractivity contribution in [3.8, 4) is 0 Å². The van der Waals surface area contributed by atoms with Crippen molar-refractivity contribution in [1.82, 2.24) is 5.32 Å². The summed E-state index contributed by atoms with van der Waals surface area (Å²) in [7, 11) is 1.91. The van der Waals surface area contributed by atoms with Crippen LogP contribution in [0.3, 0.4) is 0 Å². The van der Waals surface area contributed by atoms with E-state index in [2.05, 4.69) is 5.32 Å². The number of hydrogen-bond acceptors (Lipinski definition) is 3. The molecule has 0 bridgehead atoms. The molecule has 14 heavy (non-hydrogen) atoms. The van der Waals surface area contributed by atoms with E-state index < -0.39 is 0 Å². The van der Waals surface area contributed by atoms with Gasteiger partial charge in [-0.05, 0) is 31.9 Å². The third-order valence-electron chi connectivity index (χ3n) is 2.48. The Morgan fingerprint density at radius 3 is 3.14 bits per heavy atom. The van der Waals surface area contributed by atoms with Crippen LogP contribution in [0.5, 0.6) is 0 Å². The second-order valence-corrected chi connectivity index (χ2v) is 3.86. The highest BCUT2D eigenvalue weighted by Crippen LogP contribution is 2.29. The van der Waals surface area contributed by atoms with Gasteiger partial charge in [-0.15, -0.1) is 0 Å². The first-order valence-electron chi connectivity index (χ1n) is 5.17. The molecule has 1 aliphatic rings. The molecule has 3 nitrogen and oxygen atoms in total. The number of hydrogen-bond donors (Lipinski definition) is 1. The molecule has 1 N–H and O–H groups in total. The lowest BCUT2D eigenvalue weighted by Crippen LogP contribution is -2.07. The van der Waals surface area contributed by atoms with Gasteiger partial charge in [-0.3, -0.25) is 0 Å². The van der Waals surface area contributed by atoms with Crippen molar-refractivity contribution < 1.29 is 9.15 Å². The fourth-order valence-electron chi connectivity index (χ4n) is 1.43. The first-order valence-corrected chi connectivity index (χ1v) is 5.17. The zero-order valence-electron chi connectivity index (χ0n) is 8.58. The third-order valence-corrected chi connectivity index (χ3v) is 2.48. The summed E-state index contributed by atoms with van der Waals surface area (Å²) in [6.45, 7) is 2.36. The predicted octanol–water partition coefficient (Wildman–Crippen LogP) is 1.93. The Labute approximate surface area is 84.4 Å². The SMILES string of the molecule is CNCc1occc1COCC1CC1. The molecule has 0 amide bonds. The van der Waals surface area contributed by atoms with E-state index in [1.54, 1.807) is 6.26 Å². The van der Waals surface area contributed by atoms with Gasteiger partial charge in [0.05, 0.1) is 19.4 Å². The van der Waals surface area contributed by atoms with E-state index in [1.165, 1.54) is 18.4 Å². The Kier molecular flexibility index (Phi) is 3.22. The lowest BCUT2D eigenvalue weighted by molar-refractivity contribution is 0.110. The average Bonchev–Trinajstić information content (AvgIpc) is 2.89. The van der Waals surface area contributed by atoms with Crippen molar-refractivity contribution in [1.29, 1.82) is 0 Å². The maximum atomic E-state index is 5.60. The first kappa shape index (κ1) is 9.74. The standard InChI is InChI=1S/C11H17NO2/c1-12-6-11-10(4-5-14-11)8-13-7-9-2-3-9/h4-5,9,12H,2-3,6-8H2,1H3. The Hall–Kier alpha value is -0.800. The van der Waals surface area contributed by atoms with Gasteiger partial charge in [0, 0.05) is 12.2 Å². The summed E-state index contributed by atoms with van der Waals surface area (Å²) in [5, 5.41) is 3.07. The van der Waals surface area contributed by atoms with Gasteiger partial charge in [0.1, 0.15) is 5.76 Å². The number of ether oxygens (including phenoxy) is 1. The van der Waals surface area contributed by atoms with Crippen molar-refractivity contribution in [3.63, 3.8) is 0 Å². The van der Waals surface area contributed by atoms with Crippen LogP contribution in [0.15, 0.2) is 16.7 Å². The molecule has 0 aromatic carbocycles. The average molecular weight is 195 g/mol. The summed E-state index contributed by atoms with van der Waals surface area (Å²) in [6.07, 6.45) is 4.41. The molecule has 0 aliphatic heterocycles. The van der Waals surface area contributed by atoms with Crippen LogP contribution in [0.2, 0.25) is 0 Å². The Bertz CT molecular complexity index is 279. The van der Waals surface area contributed by atoms with Gasteiger partial charge < -0.3 is 14.5 Å². The van der Waals surface area contributed by atoms with Crippen molar-refractivity contribution in [3.05, 3.63) is 23.7 Å². The quantitative estimate of drug-likeness (QED) is 0.753. The van der Waals surface area contributed by atoms with E-state index in [9.17, 15) is 0 Å². The highest BCUT2D eigenvalue weighted by atomic mass is 16.5. The fourth-order valence-corrected chi connectivity index (χ4v) is 1.43. The normalized spacial score (nSPS) is 16.1. The third kappa shape index (κ3) is 2.59. The van der Waals surface area contributed by atoms with Gasteiger partial charge in [-0.2, -0.15) is 0 Å². The number of rotatable bonds is 6. The van der Waals surface area contributed by atoms with Crippen LogP contribution in [0.4, 0.5) is 0 Å². The Morgan fingerprint density at radius 2 is 2.43 bits per heavy atom. The molecule has 1 fully saturated rings. The lowest BCUT2D eigenvalue weighted by Gasteiger charge is -2.03. The second-order valence-electron chi connectivity index (χ2n) is 3.86. The van der Waals surface area contributed by atoms with E-state index in [1.807, 2.05) is 13.1 Å². The molecule has 2 rings (SSSR count). The highest BCUT2D eigenvalue weighted by Gasteiger charge is 2.21. The summed E-state index contributed by atoms with van der Waals surface area (Å²) >= 11 is 0. The Morgan fingerprint density at radius 1 is 1.57 bits per heavy atom. The summed E-state index contributed by atoms with van der Waals surface area (Å²) < 4.78 is 10.9. The van der Waals surface area contributed by atoms with Crippen molar-refractivity contribution >= 4 is 0 Å². The van der Waals surface area contributed by atoms with E-state index in [4.69, 9.17) is 9.15 Å². The summed E-state index contributed by atoms with van der Waals surface area (Å²) in [6, 6.07) is 1.99. The molecule has 1 heterocycles. The zero-order valence-corrected chi connectivity index (χ0v) is 8.58. The molecule has 78 valence electrons.